The van der Waals surface area contributed by atoms with Crippen LogP contribution < -0.4 is 0 Å². The highest BCUT2D eigenvalue weighted by Gasteiger charge is 2.24. The van der Waals surface area contributed by atoms with Crippen molar-refractivity contribution in [1.29, 1.82) is 5.26 Å². The quantitative estimate of drug-likeness (QED) is 0.836. The fraction of sp³-hybridized carbons (Fsp3) is 0.286. The third kappa shape index (κ3) is 3.30. The van der Waals surface area contributed by atoms with E-state index in [9.17, 15) is 8.42 Å². The standard InChI is InChI=1S/C14H15ClN4O2S/c1-3-19(10-11-8-17-18(2)9-11)22(20,21)13-5-4-12(7-16)14(15)6-13/h4-6,8-9H,3,10H2,1-2H3. The molecule has 0 N–H and O–H groups in total. The van der Waals surface area contributed by atoms with Crippen LogP contribution in [0.3, 0.4) is 0 Å². The highest BCUT2D eigenvalue weighted by Crippen LogP contribution is 2.23. The molecule has 2 aromatic rings. The normalized spacial score (nSPS) is 11.6. The molecule has 0 aliphatic carbocycles. The van der Waals surface area contributed by atoms with Gasteiger partial charge >= 0.3 is 0 Å². The minimum Gasteiger partial charge on any atom is -0.275 e. The van der Waals surface area contributed by atoms with Gasteiger partial charge in [0.15, 0.2) is 0 Å². The molecule has 0 aliphatic rings. The third-order valence-corrected chi connectivity index (χ3v) is 5.40. The summed E-state index contributed by atoms with van der Waals surface area (Å²) in [5.74, 6) is 0. The van der Waals surface area contributed by atoms with Gasteiger partial charge in [0.1, 0.15) is 6.07 Å². The van der Waals surface area contributed by atoms with E-state index >= 15 is 0 Å². The van der Waals surface area contributed by atoms with Crippen LogP contribution >= 0.6 is 11.6 Å². The van der Waals surface area contributed by atoms with Crippen molar-refractivity contribution in [2.24, 2.45) is 7.05 Å². The summed E-state index contributed by atoms with van der Waals surface area (Å²) in [6, 6.07) is 6.02. The van der Waals surface area contributed by atoms with Gasteiger partial charge in [-0.15, -0.1) is 0 Å². The van der Waals surface area contributed by atoms with Gasteiger partial charge in [-0.05, 0) is 18.2 Å². The Balaban J connectivity index is 2.34. The molecule has 6 nitrogen and oxygen atoms in total. The number of aryl methyl sites for hydroxylation is 1. The zero-order valence-corrected chi connectivity index (χ0v) is 13.8. The highest BCUT2D eigenvalue weighted by molar-refractivity contribution is 7.89. The van der Waals surface area contributed by atoms with Crippen LogP contribution in [0.15, 0.2) is 35.5 Å². The summed E-state index contributed by atoms with van der Waals surface area (Å²) >= 11 is 5.93. The third-order valence-electron chi connectivity index (χ3n) is 3.17. The average molecular weight is 339 g/mol. The van der Waals surface area contributed by atoms with Crippen LogP contribution in [0, 0.1) is 11.3 Å². The van der Waals surface area contributed by atoms with Gasteiger partial charge in [-0.1, -0.05) is 18.5 Å². The number of hydrogen-bond acceptors (Lipinski definition) is 4. The molecule has 2 rings (SSSR count). The number of sulfonamides is 1. The second-order valence-corrected chi connectivity index (χ2v) is 7.05. The number of nitriles is 1. The van der Waals surface area contributed by atoms with E-state index in [4.69, 9.17) is 16.9 Å². The Bertz CT molecular complexity index is 824. The Morgan fingerprint density at radius 1 is 1.45 bits per heavy atom. The maximum absolute atomic E-state index is 12.7. The molecule has 0 amide bonds. The fourth-order valence-electron chi connectivity index (χ4n) is 2.02. The Morgan fingerprint density at radius 3 is 2.68 bits per heavy atom. The van der Waals surface area contributed by atoms with Crippen LogP contribution in [0.4, 0.5) is 0 Å². The first-order chi connectivity index (χ1) is 10.4. The second kappa shape index (κ2) is 6.48. The first-order valence-electron chi connectivity index (χ1n) is 6.55. The first kappa shape index (κ1) is 16.5. The smallest absolute Gasteiger partial charge is 0.243 e. The average Bonchev–Trinajstić information content (AvgIpc) is 2.89. The van der Waals surface area contributed by atoms with Crippen molar-refractivity contribution >= 4 is 21.6 Å². The molecular weight excluding hydrogens is 324 g/mol. The van der Waals surface area contributed by atoms with Crippen LogP contribution in [0.1, 0.15) is 18.1 Å². The van der Waals surface area contributed by atoms with Gasteiger partial charge in [0.05, 0.1) is 21.7 Å². The van der Waals surface area contributed by atoms with Crippen molar-refractivity contribution < 1.29 is 8.42 Å². The Labute approximate surface area is 134 Å². The van der Waals surface area contributed by atoms with Gasteiger partial charge in [-0.3, -0.25) is 4.68 Å². The zero-order valence-electron chi connectivity index (χ0n) is 12.2. The van der Waals surface area contributed by atoms with E-state index in [0.29, 0.717) is 6.54 Å². The molecule has 0 fully saturated rings. The van der Waals surface area contributed by atoms with Crippen molar-refractivity contribution in [2.75, 3.05) is 6.54 Å². The molecule has 8 heteroatoms. The molecule has 0 saturated heterocycles. The van der Waals surface area contributed by atoms with Crippen LogP contribution in [0.5, 0.6) is 0 Å². The molecule has 1 heterocycles. The number of hydrogen-bond donors (Lipinski definition) is 0. The SMILES string of the molecule is CCN(Cc1cnn(C)c1)S(=O)(=O)c1ccc(C#N)c(Cl)c1. The molecule has 0 atom stereocenters. The molecule has 1 aromatic heterocycles. The first-order valence-corrected chi connectivity index (χ1v) is 8.37. The van der Waals surface area contributed by atoms with Gasteiger partial charge in [-0.25, -0.2) is 8.42 Å². The lowest BCUT2D eigenvalue weighted by Gasteiger charge is -2.20. The van der Waals surface area contributed by atoms with Gasteiger partial charge in [0, 0.05) is 31.9 Å². The van der Waals surface area contributed by atoms with E-state index in [0.717, 1.165) is 5.56 Å². The molecule has 0 bridgehead atoms. The molecule has 0 aliphatic heterocycles. The van der Waals surface area contributed by atoms with Crippen molar-refractivity contribution in [1.82, 2.24) is 14.1 Å². The predicted octanol–water partition coefficient (Wildman–Crippen LogP) is 2.16. The molecule has 22 heavy (non-hydrogen) atoms. The minimum atomic E-state index is -3.69. The Hall–Kier alpha value is -1.88. The van der Waals surface area contributed by atoms with Crippen LogP contribution in [-0.4, -0.2) is 29.0 Å². The predicted molar refractivity (Wildman–Crippen MR) is 82.6 cm³/mol. The van der Waals surface area contributed by atoms with E-state index in [-0.39, 0.29) is 22.0 Å². The van der Waals surface area contributed by atoms with Crippen molar-refractivity contribution in [3.8, 4) is 6.07 Å². The lowest BCUT2D eigenvalue weighted by atomic mass is 10.2. The van der Waals surface area contributed by atoms with Gasteiger partial charge < -0.3 is 0 Å². The molecule has 0 saturated carbocycles. The van der Waals surface area contributed by atoms with E-state index in [1.807, 2.05) is 6.07 Å². The molecule has 0 unspecified atom stereocenters. The number of aromatic nitrogens is 2. The molecule has 0 spiro atoms. The topological polar surface area (TPSA) is 79.0 Å². The minimum absolute atomic E-state index is 0.0715. The maximum atomic E-state index is 12.7. The monoisotopic (exact) mass is 338 g/mol. The summed E-state index contributed by atoms with van der Waals surface area (Å²) in [4.78, 5) is 0.0715. The summed E-state index contributed by atoms with van der Waals surface area (Å²) in [7, 11) is -1.91. The molecular formula is C14H15ClN4O2S. The largest absolute Gasteiger partial charge is 0.275 e. The summed E-state index contributed by atoms with van der Waals surface area (Å²) in [5.41, 5.74) is 1.04. The van der Waals surface area contributed by atoms with Crippen LogP contribution in [0.2, 0.25) is 5.02 Å². The van der Waals surface area contributed by atoms with E-state index in [2.05, 4.69) is 5.10 Å². The number of rotatable bonds is 5. The summed E-state index contributed by atoms with van der Waals surface area (Å²) < 4.78 is 28.3. The number of benzene rings is 1. The maximum Gasteiger partial charge on any atom is 0.243 e. The van der Waals surface area contributed by atoms with Crippen LogP contribution in [-0.2, 0) is 23.6 Å². The van der Waals surface area contributed by atoms with Crippen molar-refractivity contribution in [3.05, 3.63) is 46.7 Å². The summed E-state index contributed by atoms with van der Waals surface area (Å²) in [6.45, 7) is 2.30. The highest BCUT2D eigenvalue weighted by atomic mass is 35.5. The lowest BCUT2D eigenvalue weighted by Crippen LogP contribution is -2.30. The molecule has 1 aromatic carbocycles. The molecule has 116 valence electrons. The van der Waals surface area contributed by atoms with Gasteiger partial charge in [-0.2, -0.15) is 14.7 Å². The number of nitrogens with zero attached hydrogens (tertiary/aromatic N) is 4. The molecule has 0 radical (unpaired) electrons. The Kier molecular flexibility index (Phi) is 4.86. The van der Waals surface area contributed by atoms with E-state index < -0.39 is 10.0 Å². The van der Waals surface area contributed by atoms with Crippen LogP contribution in [0.25, 0.3) is 0 Å². The lowest BCUT2D eigenvalue weighted by molar-refractivity contribution is 0.423. The summed E-state index contributed by atoms with van der Waals surface area (Å²) in [6.07, 6.45) is 3.40. The van der Waals surface area contributed by atoms with Gasteiger partial charge in [0.25, 0.3) is 0 Å². The zero-order chi connectivity index (χ0) is 16.3. The van der Waals surface area contributed by atoms with Crippen molar-refractivity contribution in [2.45, 2.75) is 18.4 Å². The second-order valence-electron chi connectivity index (χ2n) is 4.71. The van der Waals surface area contributed by atoms with Gasteiger partial charge in [0.2, 0.25) is 10.0 Å². The summed E-state index contributed by atoms with van der Waals surface area (Å²) in [5, 5.41) is 13.0. The Morgan fingerprint density at radius 2 is 2.18 bits per heavy atom. The number of halogens is 1. The van der Waals surface area contributed by atoms with E-state index in [1.54, 1.807) is 31.0 Å². The van der Waals surface area contributed by atoms with Crippen molar-refractivity contribution in [3.63, 3.8) is 0 Å². The van der Waals surface area contributed by atoms with E-state index in [1.165, 1.54) is 22.5 Å². The fourth-order valence-corrected chi connectivity index (χ4v) is 3.77.